The van der Waals surface area contributed by atoms with Gasteiger partial charge >= 0.3 is 0 Å². The van der Waals surface area contributed by atoms with Crippen molar-refractivity contribution >= 4 is 23.6 Å². The first-order valence-corrected chi connectivity index (χ1v) is 10.5. The molecule has 9 heteroatoms. The summed E-state index contributed by atoms with van der Waals surface area (Å²) >= 11 is 1.44. The van der Waals surface area contributed by atoms with Crippen LogP contribution in [0.5, 0.6) is 0 Å². The molecule has 4 rings (SSSR count). The Labute approximate surface area is 162 Å². The van der Waals surface area contributed by atoms with Crippen molar-refractivity contribution in [1.82, 2.24) is 19.7 Å². The minimum Gasteiger partial charge on any atom is -0.467 e. The van der Waals surface area contributed by atoms with Crippen LogP contribution in [0.3, 0.4) is 0 Å². The van der Waals surface area contributed by atoms with Gasteiger partial charge in [-0.1, -0.05) is 11.8 Å². The number of carbonyl (C=O) groups excluding carboxylic acids is 1. The Morgan fingerprint density at radius 1 is 1.11 bits per heavy atom. The van der Waals surface area contributed by atoms with Crippen LogP contribution < -0.4 is 4.90 Å². The molecule has 0 spiro atoms. The minimum absolute atomic E-state index is 0.121. The monoisotopic (exact) mass is 391 g/mol. The number of thioether (sulfide) groups is 1. The van der Waals surface area contributed by atoms with E-state index in [1.165, 1.54) is 31.0 Å². The lowest BCUT2D eigenvalue weighted by atomic mass is 10.1. The molecule has 2 saturated heterocycles. The van der Waals surface area contributed by atoms with Crippen molar-refractivity contribution in [1.29, 1.82) is 0 Å². The number of ether oxygens (including phenoxy) is 1. The largest absolute Gasteiger partial charge is 0.467 e. The highest BCUT2D eigenvalue weighted by atomic mass is 32.2. The zero-order valence-electron chi connectivity index (χ0n) is 15.4. The summed E-state index contributed by atoms with van der Waals surface area (Å²) in [7, 11) is 0. The Bertz CT molecular complexity index is 736. The summed E-state index contributed by atoms with van der Waals surface area (Å²) in [6.45, 7) is 5.12. The topological polar surface area (TPSA) is 76.6 Å². The van der Waals surface area contributed by atoms with Crippen LogP contribution in [0, 0.1) is 0 Å². The maximum Gasteiger partial charge on any atom is 0.233 e. The second-order valence-corrected chi connectivity index (χ2v) is 7.72. The van der Waals surface area contributed by atoms with E-state index < -0.39 is 0 Å². The standard InChI is InChI=1S/C18H25N5O3S/c24-16(21-8-11-25-12-9-21)14-27-18-20-19-17(22-6-2-1-3-7-22)23(18)13-15-5-4-10-26-15/h4-5,10H,1-3,6-9,11-14H2. The van der Waals surface area contributed by atoms with Crippen LogP contribution in [-0.4, -0.2) is 70.7 Å². The van der Waals surface area contributed by atoms with Gasteiger partial charge in [0.15, 0.2) is 5.16 Å². The van der Waals surface area contributed by atoms with E-state index in [0.29, 0.717) is 38.6 Å². The highest BCUT2D eigenvalue weighted by Gasteiger charge is 2.23. The average Bonchev–Trinajstić information content (AvgIpc) is 3.38. The number of morpholine rings is 1. The summed E-state index contributed by atoms with van der Waals surface area (Å²) in [4.78, 5) is 16.6. The van der Waals surface area contributed by atoms with Gasteiger partial charge in [-0.3, -0.25) is 9.36 Å². The van der Waals surface area contributed by atoms with Crippen molar-refractivity contribution in [2.24, 2.45) is 0 Å². The van der Waals surface area contributed by atoms with E-state index in [0.717, 1.165) is 30.0 Å². The first-order valence-electron chi connectivity index (χ1n) is 9.50. The molecule has 146 valence electrons. The normalized spacial score (nSPS) is 18.1. The molecule has 2 aromatic heterocycles. The highest BCUT2D eigenvalue weighted by Crippen LogP contribution is 2.26. The molecule has 0 aromatic carbocycles. The molecule has 8 nitrogen and oxygen atoms in total. The molecule has 2 fully saturated rings. The van der Waals surface area contributed by atoms with E-state index in [1.54, 1.807) is 6.26 Å². The van der Waals surface area contributed by atoms with E-state index in [9.17, 15) is 4.79 Å². The Balaban J connectivity index is 1.48. The molecular formula is C18H25N5O3S. The summed E-state index contributed by atoms with van der Waals surface area (Å²) in [5, 5.41) is 9.59. The summed E-state index contributed by atoms with van der Waals surface area (Å²) in [6, 6.07) is 3.84. The molecule has 2 aliphatic rings. The molecule has 0 saturated carbocycles. The molecule has 2 aromatic rings. The molecule has 0 radical (unpaired) electrons. The third kappa shape index (κ3) is 4.47. The van der Waals surface area contributed by atoms with Crippen molar-refractivity contribution < 1.29 is 13.9 Å². The number of nitrogens with zero attached hydrogens (tertiary/aromatic N) is 5. The van der Waals surface area contributed by atoms with Crippen LogP contribution >= 0.6 is 11.8 Å². The Morgan fingerprint density at radius 2 is 1.93 bits per heavy atom. The molecule has 2 aliphatic heterocycles. The van der Waals surface area contributed by atoms with E-state index in [2.05, 4.69) is 19.7 Å². The van der Waals surface area contributed by atoms with Crippen molar-refractivity contribution in [3.8, 4) is 0 Å². The van der Waals surface area contributed by atoms with Crippen molar-refractivity contribution in [2.75, 3.05) is 50.0 Å². The second-order valence-electron chi connectivity index (χ2n) is 6.78. The van der Waals surface area contributed by atoms with Gasteiger partial charge in [0.2, 0.25) is 11.9 Å². The number of amides is 1. The number of furan rings is 1. The van der Waals surface area contributed by atoms with Gasteiger partial charge in [-0.25, -0.2) is 0 Å². The van der Waals surface area contributed by atoms with Gasteiger partial charge in [0.05, 0.1) is 31.8 Å². The van der Waals surface area contributed by atoms with E-state index in [4.69, 9.17) is 9.15 Å². The first-order chi connectivity index (χ1) is 13.3. The fourth-order valence-corrected chi connectivity index (χ4v) is 4.28. The molecule has 0 N–H and O–H groups in total. The van der Waals surface area contributed by atoms with Crippen molar-refractivity contribution in [3.05, 3.63) is 24.2 Å². The van der Waals surface area contributed by atoms with Crippen LogP contribution in [0.1, 0.15) is 25.0 Å². The first kappa shape index (κ1) is 18.4. The van der Waals surface area contributed by atoms with Crippen LogP contribution in [0.25, 0.3) is 0 Å². The number of hydrogen-bond acceptors (Lipinski definition) is 7. The smallest absolute Gasteiger partial charge is 0.233 e. The summed E-state index contributed by atoms with van der Waals surface area (Å²) in [5.41, 5.74) is 0. The molecular weight excluding hydrogens is 366 g/mol. The molecule has 27 heavy (non-hydrogen) atoms. The Hall–Kier alpha value is -2.00. The molecule has 0 bridgehead atoms. The van der Waals surface area contributed by atoms with Crippen LogP contribution in [0.2, 0.25) is 0 Å². The predicted molar refractivity (Wildman–Crippen MR) is 102 cm³/mol. The molecule has 0 aliphatic carbocycles. The number of carbonyl (C=O) groups is 1. The summed E-state index contributed by atoms with van der Waals surface area (Å²) < 4.78 is 12.9. The van der Waals surface area contributed by atoms with E-state index >= 15 is 0 Å². The number of aromatic nitrogens is 3. The maximum absolute atomic E-state index is 12.5. The Kier molecular flexibility index (Phi) is 5.98. The van der Waals surface area contributed by atoms with Gasteiger partial charge in [0, 0.05) is 26.2 Å². The van der Waals surface area contributed by atoms with E-state index in [1.807, 2.05) is 17.0 Å². The minimum atomic E-state index is 0.121. The van der Waals surface area contributed by atoms with Gasteiger partial charge in [-0.05, 0) is 31.4 Å². The zero-order valence-corrected chi connectivity index (χ0v) is 16.2. The number of piperidine rings is 1. The number of rotatable bonds is 6. The lowest BCUT2D eigenvalue weighted by Crippen LogP contribution is -2.41. The number of anilines is 1. The highest BCUT2D eigenvalue weighted by molar-refractivity contribution is 7.99. The van der Waals surface area contributed by atoms with Crippen LogP contribution in [-0.2, 0) is 16.1 Å². The van der Waals surface area contributed by atoms with Crippen LogP contribution in [0.15, 0.2) is 28.0 Å². The SMILES string of the molecule is O=C(CSc1nnc(N2CCCCC2)n1Cc1ccco1)N1CCOCC1. The molecule has 1 amide bonds. The van der Waals surface area contributed by atoms with Crippen LogP contribution in [0.4, 0.5) is 5.95 Å². The second kappa shape index (κ2) is 8.79. The zero-order chi connectivity index (χ0) is 18.5. The van der Waals surface area contributed by atoms with Crippen molar-refractivity contribution in [2.45, 2.75) is 31.0 Å². The maximum atomic E-state index is 12.5. The fraction of sp³-hybridized carbons (Fsp3) is 0.611. The summed E-state index contributed by atoms with van der Waals surface area (Å²) in [5.74, 6) is 2.20. The van der Waals surface area contributed by atoms with Gasteiger partial charge < -0.3 is 19.0 Å². The summed E-state index contributed by atoms with van der Waals surface area (Å²) in [6.07, 6.45) is 5.28. The lowest BCUT2D eigenvalue weighted by molar-refractivity contribution is -0.132. The van der Waals surface area contributed by atoms with Gasteiger partial charge in [-0.15, -0.1) is 10.2 Å². The van der Waals surface area contributed by atoms with Crippen molar-refractivity contribution in [3.63, 3.8) is 0 Å². The predicted octanol–water partition coefficient (Wildman–Crippen LogP) is 1.86. The quantitative estimate of drug-likeness (QED) is 0.696. The Morgan fingerprint density at radius 3 is 2.67 bits per heavy atom. The third-order valence-electron chi connectivity index (χ3n) is 4.92. The molecule has 0 unspecified atom stereocenters. The fourth-order valence-electron chi connectivity index (χ4n) is 3.44. The van der Waals surface area contributed by atoms with E-state index in [-0.39, 0.29) is 5.91 Å². The third-order valence-corrected chi connectivity index (χ3v) is 5.87. The molecule has 0 atom stereocenters. The molecule has 4 heterocycles. The van der Waals surface area contributed by atoms with Gasteiger partial charge in [0.1, 0.15) is 5.76 Å². The van der Waals surface area contributed by atoms with Gasteiger partial charge in [-0.2, -0.15) is 0 Å². The van der Waals surface area contributed by atoms with Gasteiger partial charge in [0.25, 0.3) is 0 Å². The average molecular weight is 391 g/mol. The lowest BCUT2D eigenvalue weighted by Gasteiger charge is -2.28. The number of hydrogen-bond donors (Lipinski definition) is 0.